The van der Waals surface area contributed by atoms with Gasteiger partial charge >= 0.3 is 0 Å². The number of anilines is 1. The average Bonchev–Trinajstić information content (AvgIpc) is 3.09. The maximum atomic E-state index is 5.98. The molecule has 0 aliphatic carbocycles. The number of imidazole rings is 1. The highest BCUT2D eigenvalue weighted by Crippen LogP contribution is 2.32. The minimum atomic E-state index is 0.0169. The molecule has 3 aromatic rings. The fraction of sp³-hybridized carbons (Fsp3) is 0.421. The molecule has 0 bridgehead atoms. The van der Waals surface area contributed by atoms with E-state index in [2.05, 4.69) is 44.1 Å². The van der Waals surface area contributed by atoms with E-state index >= 15 is 0 Å². The van der Waals surface area contributed by atoms with E-state index in [0.29, 0.717) is 0 Å². The van der Waals surface area contributed by atoms with Gasteiger partial charge in [0.1, 0.15) is 12.6 Å². The van der Waals surface area contributed by atoms with Crippen molar-refractivity contribution in [2.45, 2.75) is 37.1 Å². The summed E-state index contributed by atoms with van der Waals surface area (Å²) in [5.41, 5.74) is 2.97. The van der Waals surface area contributed by atoms with Crippen molar-refractivity contribution in [3.05, 3.63) is 42.2 Å². The minimum Gasteiger partial charge on any atom is -0.368 e. The third kappa shape index (κ3) is 3.54. The number of hydrogen-bond donors (Lipinski definition) is 1. The molecule has 6 nitrogen and oxygen atoms in total. The largest absolute Gasteiger partial charge is 0.368 e. The molecule has 1 aromatic carbocycles. The lowest BCUT2D eigenvalue weighted by Gasteiger charge is -2.25. The highest BCUT2D eigenvalue weighted by atomic mass is 32.2. The lowest BCUT2D eigenvalue weighted by molar-refractivity contribution is -0.0346. The van der Waals surface area contributed by atoms with Gasteiger partial charge in [0.2, 0.25) is 0 Å². The molecule has 0 spiro atoms. The molecular weight excluding hydrogens is 346 g/mol. The van der Waals surface area contributed by atoms with Gasteiger partial charge in [-0.15, -0.1) is 0 Å². The summed E-state index contributed by atoms with van der Waals surface area (Å²) < 4.78 is 8.11. The van der Waals surface area contributed by atoms with E-state index in [1.165, 1.54) is 12.0 Å². The highest BCUT2D eigenvalue weighted by molar-refractivity contribution is 7.98. The number of thioether (sulfide) groups is 1. The van der Waals surface area contributed by atoms with Gasteiger partial charge in [-0.05, 0) is 37.5 Å². The second-order valence-electron chi connectivity index (χ2n) is 6.35. The maximum Gasteiger partial charge on any atom is 0.172 e. The van der Waals surface area contributed by atoms with Crippen molar-refractivity contribution in [3.63, 3.8) is 0 Å². The monoisotopic (exact) mass is 369 g/mol. The van der Waals surface area contributed by atoms with E-state index in [4.69, 9.17) is 9.72 Å². The molecule has 1 fully saturated rings. The molecule has 1 saturated heterocycles. The molecule has 1 atom stereocenters. The summed E-state index contributed by atoms with van der Waals surface area (Å²) in [6.45, 7) is 1.60. The van der Waals surface area contributed by atoms with Gasteiger partial charge in [-0.3, -0.25) is 4.57 Å². The number of rotatable bonds is 6. The number of ether oxygens (including phenoxy) is 1. The first-order chi connectivity index (χ1) is 12.9. The van der Waals surface area contributed by atoms with Crippen LogP contribution in [0.1, 0.15) is 31.1 Å². The van der Waals surface area contributed by atoms with E-state index < -0.39 is 0 Å². The Labute approximate surface area is 157 Å². The van der Waals surface area contributed by atoms with Crippen molar-refractivity contribution < 1.29 is 4.74 Å². The zero-order chi connectivity index (χ0) is 17.8. The molecule has 1 unspecified atom stereocenters. The molecule has 1 aliphatic heterocycles. The van der Waals surface area contributed by atoms with Crippen molar-refractivity contribution in [3.8, 4) is 0 Å². The van der Waals surface area contributed by atoms with Crippen LogP contribution in [0.3, 0.4) is 0 Å². The second-order valence-corrected chi connectivity index (χ2v) is 7.12. The molecule has 3 heterocycles. The molecule has 2 aromatic heterocycles. The van der Waals surface area contributed by atoms with Gasteiger partial charge < -0.3 is 10.1 Å². The first-order valence-electron chi connectivity index (χ1n) is 9.03. The van der Waals surface area contributed by atoms with Crippen molar-refractivity contribution in [2.24, 2.45) is 0 Å². The van der Waals surface area contributed by atoms with Crippen LogP contribution in [0.2, 0.25) is 0 Å². The topological polar surface area (TPSA) is 64.9 Å². The molecular formula is C19H23N5OS. The fourth-order valence-electron chi connectivity index (χ4n) is 3.32. The lowest BCUT2D eigenvalue weighted by Crippen LogP contribution is -2.19. The van der Waals surface area contributed by atoms with Crippen molar-refractivity contribution in [1.82, 2.24) is 19.5 Å². The zero-order valence-corrected chi connectivity index (χ0v) is 15.7. The van der Waals surface area contributed by atoms with Crippen LogP contribution in [-0.4, -0.2) is 38.9 Å². The SMILES string of the molecule is CSc1nc2c(NCCc3ccccc3)ncnc2n1C1CCCCO1. The molecule has 136 valence electrons. The molecule has 0 radical (unpaired) electrons. The molecule has 1 N–H and O–H groups in total. The first-order valence-corrected chi connectivity index (χ1v) is 10.3. The van der Waals surface area contributed by atoms with Gasteiger partial charge in [0.25, 0.3) is 0 Å². The van der Waals surface area contributed by atoms with Crippen LogP contribution in [0, 0.1) is 0 Å². The number of aromatic nitrogens is 4. The smallest absolute Gasteiger partial charge is 0.172 e. The zero-order valence-electron chi connectivity index (χ0n) is 14.9. The molecule has 0 saturated carbocycles. The van der Waals surface area contributed by atoms with Crippen molar-refractivity contribution >= 4 is 28.7 Å². The number of nitrogens with zero attached hydrogens (tertiary/aromatic N) is 4. The normalized spacial score (nSPS) is 17.5. The predicted octanol–water partition coefficient (Wildman–Crippen LogP) is 3.90. The number of hydrogen-bond acceptors (Lipinski definition) is 6. The second kappa shape index (κ2) is 8.05. The third-order valence-corrected chi connectivity index (χ3v) is 5.27. The van der Waals surface area contributed by atoms with E-state index in [1.807, 2.05) is 12.3 Å². The minimum absolute atomic E-state index is 0.0169. The molecule has 4 rings (SSSR count). The summed E-state index contributed by atoms with van der Waals surface area (Å²) in [7, 11) is 0. The van der Waals surface area contributed by atoms with Crippen molar-refractivity contribution in [1.29, 1.82) is 0 Å². The Balaban J connectivity index is 1.58. The van der Waals surface area contributed by atoms with Gasteiger partial charge in [-0.25, -0.2) is 15.0 Å². The summed E-state index contributed by atoms with van der Waals surface area (Å²) in [4.78, 5) is 13.7. The average molecular weight is 369 g/mol. The van der Waals surface area contributed by atoms with Gasteiger partial charge in [-0.1, -0.05) is 42.1 Å². The number of fused-ring (bicyclic) bond motifs is 1. The Bertz CT molecular complexity index is 861. The van der Waals surface area contributed by atoms with E-state index in [-0.39, 0.29) is 6.23 Å². The Morgan fingerprint density at radius 2 is 2.12 bits per heavy atom. The molecule has 26 heavy (non-hydrogen) atoms. The Morgan fingerprint density at radius 1 is 1.23 bits per heavy atom. The summed E-state index contributed by atoms with van der Waals surface area (Å²) in [5.74, 6) is 0.788. The van der Waals surface area contributed by atoms with Gasteiger partial charge in [0.15, 0.2) is 22.1 Å². The van der Waals surface area contributed by atoms with Crippen LogP contribution in [0.15, 0.2) is 41.8 Å². The van der Waals surface area contributed by atoms with Gasteiger partial charge in [0.05, 0.1) is 0 Å². The lowest BCUT2D eigenvalue weighted by atomic mass is 10.1. The molecule has 7 heteroatoms. The van der Waals surface area contributed by atoms with Crippen LogP contribution in [0.5, 0.6) is 0 Å². The fourth-order valence-corrected chi connectivity index (χ4v) is 3.90. The van der Waals surface area contributed by atoms with Crippen LogP contribution in [0.25, 0.3) is 11.2 Å². The Kier molecular flexibility index (Phi) is 5.36. The third-order valence-electron chi connectivity index (χ3n) is 4.62. The Hall–Kier alpha value is -2.12. The quantitative estimate of drug-likeness (QED) is 0.665. The summed E-state index contributed by atoms with van der Waals surface area (Å²) in [5, 5.41) is 4.36. The first kappa shape index (κ1) is 17.3. The van der Waals surface area contributed by atoms with Gasteiger partial charge in [0, 0.05) is 13.2 Å². The van der Waals surface area contributed by atoms with E-state index in [1.54, 1.807) is 18.1 Å². The molecule has 0 amide bonds. The van der Waals surface area contributed by atoms with Crippen LogP contribution >= 0.6 is 11.8 Å². The standard InChI is InChI=1S/C19H23N5OS/c1-26-19-23-16-17(20-11-10-14-7-3-2-4-8-14)21-13-22-18(16)24(19)15-9-5-6-12-25-15/h2-4,7-8,13,15H,5-6,9-12H2,1H3,(H,20,21,22). The number of benzene rings is 1. The van der Waals surface area contributed by atoms with Crippen LogP contribution in [0.4, 0.5) is 5.82 Å². The molecule has 1 aliphatic rings. The number of nitrogens with one attached hydrogen (secondary N) is 1. The Morgan fingerprint density at radius 3 is 2.88 bits per heavy atom. The maximum absolute atomic E-state index is 5.98. The van der Waals surface area contributed by atoms with E-state index in [0.717, 1.165) is 54.6 Å². The predicted molar refractivity (Wildman–Crippen MR) is 105 cm³/mol. The van der Waals surface area contributed by atoms with E-state index in [9.17, 15) is 0 Å². The highest BCUT2D eigenvalue weighted by Gasteiger charge is 2.24. The van der Waals surface area contributed by atoms with Crippen molar-refractivity contribution in [2.75, 3.05) is 24.7 Å². The van der Waals surface area contributed by atoms with Crippen LogP contribution in [-0.2, 0) is 11.2 Å². The summed E-state index contributed by atoms with van der Waals surface area (Å²) >= 11 is 1.62. The summed E-state index contributed by atoms with van der Waals surface area (Å²) in [6.07, 6.45) is 7.90. The van der Waals surface area contributed by atoms with Crippen LogP contribution < -0.4 is 5.32 Å². The van der Waals surface area contributed by atoms with Gasteiger partial charge in [-0.2, -0.15) is 0 Å². The summed E-state index contributed by atoms with van der Waals surface area (Å²) in [6, 6.07) is 10.4.